The molecule has 12 aliphatic rings. The predicted molar refractivity (Wildman–Crippen MR) is 479 cm³/mol. The molecule has 3 aromatic carbocycles. The fourth-order valence-electron chi connectivity index (χ4n) is 25.1. The monoisotopic (exact) mass is 1720 g/mol. The molecule has 6 unspecified atom stereocenters. The molecule has 6 aliphatic heterocycles. The van der Waals surface area contributed by atoms with Crippen molar-refractivity contribution in [2.75, 3.05) is 75.2 Å². The van der Waals surface area contributed by atoms with E-state index in [1.54, 1.807) is 13.8 Å². The molecule has 0 amide bonds. The van der Waals surface area contributed by atoms with E-state index in [9.17, 15) is 37.9 Å². The lowest BCUT2D eigenvalue weighted by Gasteiger charge is -2.55. The lowest BCUT2D eigenvalue weighted by atomic mass is 9.68. The topological polar surface area (TPSA) is 293 Å². The predicted octanol–water partition coefficient (Wildman–Crippen LogP) is 18.9. The van der Waals surface area contributed by atoms with Crippen LogP contribution in [0, 0.1) is 35.5 Å². The van der Waals surface area contributed by atoms with Gasteiger partial charge in [-0.05, 0) is 234 Å². The van der Waals surface area contributed by atoms with Crippen LogP contribution in [0.3, 0.4) is 0 Å². The highest BCUT2D eigenvalue weighted by atomic mass is 35.5. The second kappa shape index (κ2) is 41.6. The summed E-state index contributed by atoms with van der Waals surface area (Å²) in [5.74, 6) is 6.12. The fraction of sp³-hybridized carbons (Fsp3) is 0.736. The Morgan fingerprint density at radius 1 is 0.378 bits per heavy atom. The summed E-state index contributed by atoms with van der Waals surface area (Å²) in [6.07, 6.45) is 43.3. The number of fused-ring (bicyclic) bond motifs is 15. The minimum atomic E-state index is -4.15. The van der Waals surface area contributed by atoms with Crippen molar-refractivity contribution < 1.29 is 41.6 Å². The summed E-state index contributed by atoms with van der Waals surface area (Å²) < 4.78 is 62.5. The number of piperidine rings is 6. The molecule has 6 saturated carbocycles. The van der Waals surface area contributed by atoms with Gasteiger partial charge in [-0.3, -0.25) is 42.8 Å². The van der Waals surface area contributed by atoms with Crippen molar-refractivity contribution in [2.24, 2.45) is 41.2 Å². The summed E-state index contributed by atoms with van der Waals surface area (Å²) in [6, 6.07) is 29.9. The molecule has 6 aliphatic carbocycles. The standard InChI is InChI=1S/C31H47N4O4P.C27H39N4O4P.C25H32ClN3O.C6H16NO3P.C2H6/c1-3-38-40(37,39-4-2)16-15-32-30-31(36)35(29-14-6-5-13-28(29)33-30)27-20-24-11-8-12-25(21-27)34(24)26-18-22-9-7-10-23(17-22)19-26;32-27-26(28-11-12-36(33,34)35)29-24-9-1-2-10-25(24)31(27)23-16-20-7-4-8-21(17-23)30(20)22-14-18-5-3-6-19(13-18)15-22;26-24-25(30)29(23-10-2-1-9-22(23)27-24)21-14-18-7-4-8-19(15-21)28(18)20-12-16-5-3-6-17(11-16)13-20;1-3-9-11(8,6-5-7)10-4-2;1-2/h5-6,13-14,22-27H,3-4,7-12,15-21H2,1-2H3,(H,32,33);1-2,9-10,18-23H,3-8,11-17H2,(H,28,29)(H2,33,34,35);1-2,9-10,16-21H,3-8,11-15H2;3-7H2,1-2H3;1-2H3/t22-,23+,24-,25+,26?,27?;18-,19+,20-,21+,22?,23?;16-,17+,18-,19+,20?,21?;;. The molecular formula is C91H140ClN12O12P3. The number of nitrogens with zero attached hydrogens (tertiary/aromatic N) is 9. The summed E-state index contributed by atoms with van der Waals surface area (Å²) >= 11 is 6.28. The van der Waals surface area contributed by atoms with Gasteiger partial charge in [0.05, 0.1) is 78.0 Å². The van der Waals surface area contributed by atoms with E-state index in [0.29, 0.717) is 93.8 Å². The van der Waals surface area contributed by atoms with Crippen molar-refractivity contribution in [2.45, 2.75) is 326 Å². The van der Waals surface area contributed by atoms with Crippen LogP contribution >= 0.6 is 34.4 Å². The van der Waals surface area contributed by atoms with Crippen molar-refractivity contribution in [3.63, 3.8) is 0 Å². The molecule has 18 rings (SSSR count). The van der Waals surface area contributed by atoms with Crippen molar-refractivity contribution in [1.29, 1.82) is 0 Å². The normalized spacial score (nSPS) is 30.7. The molecule has 6 saturated heterocycles. The minimum Gasteiger partial charge on any atom is -0.365 e. The smallest absolute Gasteiger partial charge is 0.332 e. The van der Waals surface area contributed by atoms with Gasteiger partial charge in [-0.1, -0.05) is 139 Å². The first-order valence-electron chi connectivity index (χ1n) is 46.7. The average molecular weight is 1720 g/mol. The summed E-state index contributed by atoms with van der Waals surface area (Å²) in [4.78, 5) is 81.6. The van der Waals surface area contributed by atoms with Gasteiger partial charge in [0.15, 0.2) is 16.8 Å². The van der Waals surface area contributed by atoms with Crippen LogP contribution in [-0.2, 0) is 31.8 Å². The van der Waals surface area contributed by atoms with Crippen LogP contribution in [-0.4, -0.2) is 172 Å². The molecule has 6 N–H and O–H groups in total. The number of nitrogens with two attached hydrogens (primary N) is 1. The lowest BCUT2D eigenvalue weighted by molar-refractivity contribution is -0.0487. The molecule has 12 bridgehead atoms. The Balaban J connectivity index is 0.000000137. The van der Waals surface area contributed by atoms with E-state index in [2.05, 4.69) is 35.3 Å². The Morgan fingerprint density at radius 3 is 0.958 bits per heavy atom. The zero-order valence-corrected chi connectivity index (χ0v) is 75.5. The summed E-state index contributed by atoms with van der Waals surface area (Å²) in [5.41, 5.74) is 9.96. The molecule has 6 aromatic rings. The maximum absolute atomic E-state index is 14.0. The maximum atomic E-state index is 14.0. The number of aromatic nitrogens is 6. The third-order valence-electron chi connectivity index (χ3n) is 29.1. The van der Waals surface area contributed by atoms with Crippen LogP contribution in [0.2, 0.25) is 5.15 Å². The van der Waals surface area contributed by atoms with Crippen LogP contribution in [0.4, 0.5) is 11.6 Å². The summed E-state index contributed by atoms with van der Waals surface area (Å²) in [6.45, 7) is 13.3. The van der Waals surface area contributed by atoms with Crippen molar-refractivity contribution >= 4 is 79.1 Å². The Kier molecular flexibility index (Phi) is 31.6. The molecule has 28 heteroatoms. The average Bonchev–Trinajstić information content (AvgIpc) is 0.755. The SMILES string of the molecule is CC.CCOP(=O)(CCN)OCC.CCOP(=O)(CCNc1nc2ccccc2n(C2C[C@H]3CCC[C@@H](C2)N3C2C[C@H]3CCC[C@@H](C2)C3)c1=O)OCC.O=c1c(Cl)nc2ccccc2n1C1C[C@H]2CCC[C@@H](C1)N2C1C[C@H]2CCC[C@@H](C1)C2.O=c1c(NCCP(=O)(O)O)nc2ccccc2n1C1C[C@H]2CCC[C@@H](C1)N2C1C[C@H]2CCC[C@@H](C1)C2. The molecular weight excluding hydrogens is 1580 g/mol. The van der Waals surface area contributed by atoms with E-state index < -0.39 is 22.8 Å². The third kappa shape index (κ3) is 21.7. The molecule has 0 radical (unpaired) electrons. The van der Waals surface area contributed by atoms with E-state index in [0.717, 1.165) is 119 Å². The quantitative estimate of drug-likeness (QED) is 0.0352. The number of rotatable bonds is 24. The first-order chi connectivity index (χ1) is 57.7. The molecule has 12 fully saturated rings. The number of nitrogens with one attached hydrogen (secondary N) is 2. The van der Waals surface area contributed by atoms with Crippen LogP contribution in [0.5, 0.6) is 0 Å². The van der Waals surface area contributed by atoms with Gasteiger partial charge in [-0.25, -0.2) is 15.0 Å². The van der Waals surface area contributed by atoms with Gasteiger partial charge in [-0.15, -0.1) is 0 Å². The first kappa shape index (κ1) is 90.5. The van der Waals surface area contributed by atoms with E-state index in [1.165, 1.54) is 173 Å². The number of benzene rings is 3. The van der Waals surface area contributed by atoms with E-state index in [-0.39, 0.29) is 64.6 Å². The Morgan fingerprint density at radius 2 is 0.655 bits per heavy atom. The second-order valence-electron chi connectivity index (χ2n) is 36.7. The van der Waals surface area contributed by atoms with Crippen LogP contribution in [0.25, 0.3) is 33.1 Å². The summed E-state index contributed by atoms with van der Waals surface area (Å²) in [7, 11) is -10.2. The van der Waals surface area contributed by atoms with Gasteiger partial charge in [-0.2, -0.15) is 0 Å². The number of hydrogen-bond donors (Lipinski definition) is 5. The van der Waals surface area contributed by atoms with Gasteiger partial charge >= 0.3 is 22.8 Å². The van der Waals surface area contributed by atoms with Crippen molar-refractivity contribution in [1.82, 2.24) is 43.4 Å². The molecule has 119 heavy (non-hydrogen) atoms. The van der Waals surface area contributed by atoms with Crippen LogP contribution < -0.4 is 33.0 Å². The molecule has 3 aromatic heterocycles. The van der Waals surface area contributed by atoms with Crippen LogP contribution in [0.15, 0.2) is 87.2 Å². The Bertz CT molecular complexity index is 4570. The highest BCUT2D eigenvalue weighted by molar-refractivity contribution is 7.54. The Labute approximate surface area is 711 Å². The fourth-order valence-corrected chi connectivity index (χ4v) is 28.6. The molecule has 658 valence electrons. The minimum absolute atomic E-state index is 0.0125. The zero-order valence-electron chi connectivity index (χ0n) is 72.0. The van der Waals surface area contributed by atoms with Gasteiger partial charge < -0.3 is 58.0 Å². The second-order valence-corrected chi connectivity index (χ2v) is 43.2. The van der Waals surface area contributed by atoms with Gasteiger partial charge in [0.2, 0.25) is 0 Å². The maximum Gasteiger partial charge on any atom is 0.332 e. The molecule has 18 atom stereocenters. The number of anilines is 2. The van der Waals surface area contributed by atoms with Gasteiger partial charge in [0, 0.05) is 92.1 Å². The highest BCUT2D eigenvalue weighted by Crippen LogP contribution is 2.54. The van der Waals surface area contributed by atoms with Crippen molar-refractivity contribution in [3.8, 4) is 0 Å². The zero-order chi connectivity index (χ0) is 83.5. The largest absolute Gasteiger partial charge is 0.365 e. The van der Waals surface area contributed by atoms with E-state index >= 15 is 0 Å². The third-order valence-corrected chi connectivity index (χ3v) is 34.3. The highest BCUT2D eigenvalue weighted by Gasteiger charge is 2.50. The number of para-hydroxylation sites is 6. The van der Waals surface area contributed by atoms with Gasteiger partial charge in [0.25, 0.3) is 16.7 Å². The summed E-state index contributed by atoms with van der Waals surface area (Å²) in [5, 5.41) is 6.24. The van der Waals surface area contributed by atoms with E-state index in [4.69, 9.17) is 40.4 Å². The van der Waals surface area contributed by atoms with Crippen molar-refractivity contribution in [3.05, 3.63) is 109 Å². The van der Waals surface area contributed by atoms with E-state index in [1.807, 2.05) is 114 Å². The Hall–Kier alpha value is -4.74. The number of hydrogen-bond acceptors (Lipinski definition) is 19. The van der Waals surface area contributed by atoms with Gasteiger partial charge in [0.1, 0.15) is 0 Å². The van der Waals surface area contributed by atoms with Crippen LogP contribution in [0.1, 0.15) is 272 Å². The molecule has 9 heterocycles. The lowest BCUT2D eigenvalue weighted by Crippen LogP contribution is -2.58. The molecule has 0 spiro atoms. The first-order valence-corrected chi connectivity index (χ1v) is 52.3. The molecule has 24 nitrogen and oxygen atoms in total. The number of halogens is 1.